The molecule has 0 amide bonds. The standard InChI is InChI=1S/C10H15N3O5/c1-12-10(6(4-11-12)13(16)17)9-3-2-7(14)8(15)5-18-9/h4,7-9,14-15H,2-3,5H2,1H3. The van der Waals surface area contributed by atoms with E-state index in [2.05, 4.69) is 5.10 Å². The lowest BCUT2D eigenvalue weighted by atomic mass is 10.1. The Morgan fingerprint density at radius 1 is 1.50 bits per heavy atom. The second-order valence-electron chi connectivity index (χ2n) is 4.33. The van der Waals surface area contributed by atoms with Gasteiger partial charge in [0.1, 0.15) is 24.1 Å². The van der Waals surface area contributed by atoms with E-state index in [4.69, 9.17) is 4.74 Å². The van der Waals surface area contributed by atoms with Gasteiger partial charge in [-0.25, -0.2) is 0 Å². The predicted octanol–water partition coefficient (Wildman–Crippen LogP) is -0.0984. The van der Waals surface area contributed by atoms with Gasteiger partial charge in [-0.15, -0.1) is 0 Å². The number of ether oxygens (including phenoxy) is 1. The van der Waals surface area contributed by atoms with Gasteiger partial charge in [0.05, 0.1) is 17.6 Å². The van der Waals surface area contributed by atoms with Gasteiger partial charge in [0, 0.05) is 7.05 Å². The zero-order valence-electron chi connectivity index (χ0n) is 9.89. The predicted molar refractivity (Wildman–Crippen MR) is 59.8 cm³/mol. The minimum atomic E-state index is -0.956. The highest BCUT2D eigenvalue weighted by molar-refractivity contribution is 5.34. The van der Waals surface area contributed by atoms with E-state index in [1.807, 2.05) is 0 Å². The average molecular weight is 257 g/mol. The zero-order valence-corrected chi connectivity index (χ0v) is 9.89. The number of aliphatic hydroxyl groups excluding tert-OH is 2. The van der Waals surface area contributed by atoms with Gasteiger partial charge in [-0.05, 0) is 12.8 Å². The molecule has 0 bridgehead atoms. The Labute approximate surface area is 103 Å². The van der Waals surface area contributed by atoms with Crippen LogP contribution in [0.15, 0.2) is 6.20 Å². The van der Waals surface area contributed by atoms with Crippen LogP contribution in [0, 0.1) is 10.1 Å². The molecule has 3 unspecified atom stereocenters. The lowest BCUT2D eigenvalue weighted by Gasteiger charge is -2.14. The van der Waals surface area contributed by atoms with Gasteiger partial charge in [-0.1, -0.05) is 0 Å². The van der Waals surface area contributed by atoms with Crippen LogP contribution in [0.4, 0.5) is 5.69 Å². The maximum absolute atomic E-state index is 10.9. The summed E-state index contributed by atoms with van der Waals surface area (Å²) in [6.07, 6.45) is -0.447. The van der Waals surface area contributed by atoms with Crippen LogP contribution in [0.25, 0.3) is 0 Å². The molecule has 2 heterocycles. The van der Waals surface area contributed by atoms with E-state index >= 15 is 0 Å². The molecule has 1 fully saturated rings. The number of aryl methyl sites for hydroxylation is 1. The highest BCUT2D eigenvalue weighted by Gasteiger charge is 2.32. The third-order valence-corrected chi connectivity index (χ3v) is 3.10. The number of nitro groups is 1. The molecule has 8 heteroatoms. The van der Waals surface area contributed by atoms with Crippen LogP contribution >= 0.6 is 0 Å². The molecular weight excluding hydrogens is 242 g/mol. The van der Waals surface area contributed by atoms with Crippen LogP contribution in [-0.4, -0.2) is 43.7 Å². The molecule has 1 aromatic heterocycles. The summed E-state index contributed by atoms with van der Waals surface area (Å²) in [6, 6.07) is 0. The van der Waals surface area contributed by atoms with Crippen molar-refractivity contribution in [2.75, 3.05) is 6.61 Å². The van der Waals surface area contributed by atoms with Crippen molar-refractivity contribution in [1.29, 1.82) is 0 Å². The number of hydrogen-bond acceptors (Lipinski definition) is 6. The van der Waals surface area contributed by atoms with Crippen LogP contribution in [-0.2, 0) is 11.8 Å². The first kappa shape index (κ1) is 12.9. The summed E-state index contributed by atoms with van der Waals surface area (Å²) in [6.45, 7) is -0.0475. The highest BCUT2D eigenvalue weighted by atomic mass is 16.6. The van der Waals surface area contributed by atoms with E-state index in [-0.39, 0.29) is 12.3 Å². The minimum Gasteiger partial charge on any atom is -0.390 e. The lowest BCUT2D eigenvalue weighted by Crippen LogP contribution is -2.27. The molecule has 0 spiro atoms. The first-order chi connectivity index (χ1) is 8.50. The SMILES string of the molecule is Cn1ncc([N+](=O)[O-])c1C1CCC(O)C(O)CO1. The van der Waals surface area contributed by atoms with E-state index in [0.29, 0.717) is 18.5 Å². The maximum Gasteiger partial charge on any atom is 0.312 e. The van der Waals surface area contributed by atoms with E-state index in [1.165, 1.54) is 10.9 Å². The van der Waals surface area contributed by atoms with E-state index in [9.17, 15) is 20.3 Å². The summed E-state index contributed by atoms with van der Waals surface area (Å²) in [5.41, 5.74) is 0.259. The second kappa shape index (κ2) is 5.01. The van der Waals surface area contributed by atoms with Crippen LogP contribution in [0.5, 0.6) is 0 Å². The summed E-state index contributed by atoms with van der Waals surface area (Å²) in [5, 5.41) is 33.8. The molecule has 1 aliphatic heterocycles. The van der Waals surface area contributed by atoms with Crippen molar-refractivity contribution in [3.05, 3.63) is 22.0 Å². The maximum atomic E-state index is 10.9. The van der Waals surface area contributed by atoms with Gasteiger partial charge in [-0.3, -0.25) is 14.8 Å². The Morgan fingerprint density at radius 2 is 2.22 bits per heavy atom. The molecule has 0 aliphatic carbocycles. The second-order valence-corrected chi connectivity index (χ2v) is 4.33. The third-order valence-electron chi connectivity index (χ3n) is 3.10. The number of rotatable bonds is 2. The molecule has 1 aliphatic rings. The highest BCUT2D eigenvalue weighted by Crippen LogP contribution is 2.32. The van der Waals surface area contributed by atoms with Gasteiger partial charge in [0.15, 0.2) is 0 Å². The molecule has 0 radical (unpaired) electrons. The summed E-state index contributed by atoms with van der Waals surface area (Å²) in [5.74, 6) is 0. The van der Waals surface area contributed by atoms with Crippen LogP contribution < -0.4 is 0 Å². The quantitative estimate of drug-likeness (QED) is 0.565. The normalized spacial score (nSPS) is 28.9. The van der Waals surface area contributed by atoms with Crippen molar-refractivity contribution in [2.24, 2.45) is 7.05 Å². The number of aromatic nitrogens is 2. The molecular formula is C10H15N3O5. The van der Waals surface area contributed by atoms with Crippen molar-refractivity contribution in [2.45, 2.75) is 31.2 Å². The van der Waals surface area contributed by atoms with E-state index in [1.54, 1.807) is 7.05 Å². The zero-order chi connectivity index (χ0) is 13.3. The molecule has 1 aromatic rings. The van der Waals surface area contributed by atoms with Crippen molar-refractivity contribution in [3.63, 3.8) is 0 Å². The summed E-state index contributed by atoms with van der Waals surface area (Å²) in [4.78, 5) is 10.4. The van der Waals surface area contributed by atoms with Gasteiger partial charge < -0.3 is 14.9 Å². The fourth-order valence-electron chi connectivity index (χ4n) is 2.09. The molecule has 0 aromatic carbocycles. The summed E-state index contributed by atoms with van der Waals surface area (Å²) >= 11 is 0. The van der Waals surface area contributed by atoms with Gasteiger partial charge >= 0.3 is 5.69 Å². The molecule has 2 N–H and O–H groups in total. The van der Waals surface area contributed by atoms with Crippen molar-refractivity contribution in [1.82, 2.24) is 9.78 Å². The molecule has 1 saturated heterocycles. The van der Waals surface area contributed by atoms with Gasteiger partial charge in [0.25, 0.3) is 0 Å². The average Bonchev–Trinajstić information content (AvgIpc) is 2.63. The first-order valence-electron chi connectivity index (χ1n) is 5.64. The van der Waals surface area contributed by atoms with Crippen LogP contribution in [0.2, 0.25) is 0 Å². The molecule has 8 nitrogen and oxygen atoms in total. The number of hydrogen-bond donors (Lipinski definition) is 2. The van der Waals surface area contributed by atoms with Crippen LogP contribution in [0.1, 0.15) is 24.6 Å². The van der Waals surface area contributed by atoms with Crippen molar-refractivity contribution < 1.29 is 19.9 Å². The summed E-state index contributed by atoms with van der Waals surface area (Å²) in [7, 11) is 1.60. The Bertz CT molecular complexity index is 435. The van der Waals surface area contributed by atoms with Gasteiger partial charge in [-0.2, -0.15) is 5.10 Å². The van der Waals surface area contributed by atoms with E-state index in [0.717, 1.165) is 0 Å². The largest absolute Gasteiger partial charge is 0.390 e. The summed E-state index contributed by atoms with van der Waals surface area (Å²) < 4.78 is 6.82. The lowest BCUT2D eigenvalue weighted by molar-refractivity contribution is -0.386. The monoisotopic (exact) mass is 257 g/mol. The Kier molecular flexibility index (Phi) is 3.60. The fourth-order valence-corrected chi connectivity index (χ4v) is 2.09. The number of nitrogens with zero attached hydrogens (tertiary/aromatic N) is 3. The smallest absolute Gasteiger partial charge is 0.312 e. The Hall–Kier alpha value is -1.51. The van der Waals surface area contributed by atoms with Crippen molar-refractivity contribution >= 4 is 5.69 Å². The topological polar surface area (TPSA) is 111 Å². The van der Waals surface area contributed by atoms with Gasteiger partial charge in [0.2, 0.25) is 0 Å². The third kappa shape index (κ3) is 2.35. The molecule has 2 rings (SSSR count). The van der Waals surface area contributed by atoms with Crippen LogP contribution in [0.3, 0.4) is 0 Å². The Balaban J connectivity index is 2.26. The van der Waals surface area contributed by atoms with E-state index < -0.39 is 23.2 Å². The minimum absolute atomic E-state index is 0.0475. The molecule has 100 valence electrons. The Morgan fingerprint density at radius 3 is 2.89 bits per heavy atom. The first-order valence-corrected chi connectivity index (χ1v) is 5.64. The molecule has 18 heavy (non-hydrogen) atoms. The molecule has 3 atom stereocenters. The van der Waals surface area contributed by atoms with Crippen molar-refractivity contribution in [3.8, 4) is 0 Å². The fraction of sp³-hybridized carbons (Fsp3) is 0.700. The number of aliphatic hydroxyl groups is 2. The molecule has 0 saturated carbocycles.